The molecule has 0 radical (unpaired) electrons. The van der Waals surface area contributed by atoms with Crippen LogP contribution in [0.15, 0.2) is 18.2 Å². The summed E-state index contributed by atoms with van der Waals surface area (Å²) in [4.78, 5) is 11.5. The molecule has 0 aliphatic rings. The van der Waals surface area contributed by atoms with Crippen molar-refractivity contribution in [2.24, 2.45) is 0 Å². The quantitative estimate of drug-likeness (QED) is 0.770. The van der Waals surface area contributed by atoms with Crippen LogP contribution in [-0.4, -0.2) is 24.7 Å². The molecule has 0 aliphatic carbocycles. The Balaban J connectivity index is 2.53. The van der Waals surface area contributed by atoms with Crippen molar-refractivity contribution in [2.45, 2.75) is 19.3 Å². The Bertz CT molecular complexity index is 382. The molecule has 4 nitrogen and oxygen atoms in total. The molecule has 0 fully saturated rings. The van der Waals surface area contributed by atoms with E-state index in [1.165, 1.54) is 7.11 Å². The lowest BCUT2D eigenvalue weighted by molar-refractivity contribution is -0.116. The van der Waals surface area contributed by atoms with E-state index in [4.69, 9.17) is 21.4 Å². The summed E-state index contributed by atoms with van der Waals surface area (Å²) in [7, 11) is 1.52. The molecule has 0 unspecified atom stereocenters. The Kier molecular flexibility index (Phi) is 5.80. The number of hydrogen-bond donors (Lipinski definition) is 2. The maximum absolute atomic E-state index is 11.5. The third-order valence-corrected chi connectivity index (χ3v) is 2.56. The Morgan fingerprint density at radius 3 is 2.88 bits per heavy atom. The number of benzene rings is 1. The van der Waals surface area contributed by atoms with Crippen LogP contribution in [0.3, 0.4) is 0 Å². The van der Waals surface area contributed by atoms with Gasteiger partial charge in [-0.3, -0.25) is 4.79 Å². The first-order valence-electron chi connectivity index (χ1n) is 5.41. The highest BCUT2D eigenvalue weighted by atomic mass is 35.5. The first kappa shape index (κ1) is 13.8. The van der Waals surface area contributed by atoms with Crippen molar-refractivity contribution in [1.82, 2.24) is 0 Å². The van der Waals surface area contributed by atoms with Gasteiger partial charge in [-0.05, 0) is 25.0 Å². The highest BCUT2D eigenvalue weighted by Crippen LogP contribution is 2.27. The summed E-state index contributed by atoms with van der Waals surface area (Å²) in [6.45, 7) is 0.113. The van der Waals surface area contributed by atoms with Crippen LogP contribution in [0.5, 0.6) is 5.75 Å². The molecule has 2 N–H and O–H groups in total. The van der Waals surface area contributed by atoms with Crippen molar-refractivity contribution in [3.63, 3.8) is 0 Å². The number of rotatable bonds is 6. The van der Waals surface area contributed by atoms with Gasteiger partial charge in [-0.15, -0.1) is 0 Å². The highest BCUT2D eigenvalue weighted by molar-refractivity contribution is 6.32. The second-order valence-corrected chi connectivity index (χ2v) is 3.99. The van der Waals surface area contributed by atoms with Crippen molar-refractivity contribution in [3.8, 4) is 5.75 Å². The monoisotopic (exact) mass is 257 g/mol. The van der Waals surface area contributed by atoms with Crippen molar-refractivity contribution < 1.29 is 14.6 Å². The summed E-state index contributed by atoms with van der Waals surface area (Å²) in [5.74, 6) is 0.447. The average molecular weight is 258 g/mol. The summed E-state index contributed by atoms with van der Waals surface area (Å²) in [5, 5.41) is 11.9. The Hall–Kier alpha value is -1.26. The van der Waals surface area contributed by atoms with Gasteiger partial charge in [0.05, 0.1) is 12.1 Å². The second kappa shape index (κ2) is 7.14. The van der Waals surface area contributed by atoms with Crippen molar-refractivity contribution in [2.75, 3.05) is 19.0 Å². The lowest BCUT2D eigenvalue weighted by Gasteiger charge is -2.08. The number of anilines is 1. The minimum atomic E-state index is -0.0807. The van der Waals surface area contributed by atoms with Crippen LogP contribution in [0, 0.1) is 0 Å². The molecule has 94 valence electrons. The number of methoxy groups -OCH3 is 1. The molecule has 0 atom stereocenters. The van der Waals surface area contributed by atoms with Gasteiger partial charge < -0.3 is 15.2 Å². The summed E-state index contributed by atoms with van der Waals surface area (Å²) in [6, 6.07) is 5.06. The third-order valence-electron chi connectivity index (χ3n) is 2.25. The van der Waals surface area contributed by atoms with Crippen LogP contribution in [0.4, 0.5) is 5.69 Å². The van der Waals surface area contributed by atoms with E-state index < -0.39 is 0 Å². The molecule has 0 aromatic heterocycles. The molecule has 1 aromatic carbocycles. The Labute approximate surface area is 106 Å². The smallest absolute Gasteiger partial charge is 0.224 e. The second-order valence-electron chi connectivity index (χ2n) is 3.58. The van der Waals surface area contributed by atoms with Gasteiger partial charge in [0.1, 0.15) is 5.75 Å². The van der Waals surface area contributed by atoms with Crippen LogP contribution in [-0.2, 0) is 4.79 Å². The zero-order valence-electron chi connectivity index (χ0n) is 9.70. The summed E-state index contributed by atoms with van der Waals surface area (Å²) in [6.07, 6.45) is 1.70. The zero-order chi connectivity index (χ0) is 12.7. The molecule has 0 saturated carbocycles. The SMILES string of the molecule is COc1cc(NC(=O)CCCCO)ccc1Cl. The van der Waals surface area contributed by atoms with Crippen LogP contribution in [0.25, 0.3) is 0 Å². The minimum absolute atomic E-state index is 0.0807. The van der Waals surface area contributed by atoms with E-state index >= 15 is 0 Å². The molecule has 0 bridgehead atoms. The summed E-state index contributed by atoms with van der Waals surface area (Å²) >= 11 is 5.87. The number of aliphatic hydroxyl groups excluding tert-OH is 1. The van der Waals surface area contributed by atoms with E-state index in [9.17, 15) is 4.79 Å². The molecule has 0 heterocycles. The van der Waals surface area contributed by atoms with E-state index in [-0.39, 0.29) is 12.5 Å². The molecule has 0 spiro atoms. The van der Waals surface area contributed by atoms with E-state index in [2.05, 4.69) is 5.32 Å². The molecule has 17 heavy (non-hydrogen) atoms. The number of nitrogens with one attached hydrogen (secondary N) is 1. The summed E-state index contributed by atoms with van der Waals surface area (Å²) in [5.41, 5.74) is 0.653. The van der Waals surface area contributed by atoms with Gasteiger partial charge in [0.2, 0.25) is 5.91 Å². The number of carbonyl (C=O) groups excluding carboxylic acids is 1. The standard InChI is InChI=1S/C12H16ClNO3/c1-17-11-8-9(5-6-10(11)13)14-12(16)4-2-3-7-15/h5-6,8,15H,2-4,7H2,1H3,(H,14,16). The average Bonchev–Trinajstić information content (AvgIpc) is 2.32. The predicted molar refractivity (Wildman–Crippen MR) is 67.6 cm³/mol. The fourth-order valence-electron chi connectivity index (χ4n) is 1.36. The number of amides is 1. The van der Waals surface area contributed by atoms with E-state index in [0.29, 0.717) is 35.7 Å². The van der Waals surface area contributed by atoms with Gasteiger partial charge >= 0.3 is 0 Å². The number of ether oxygens (including phenoxy) is 1. The number of halogens is 1. The van der Waals surface area contributed by atoms with Crippen LogP contribution in [0.2, 0.25) is 5.02 Å². The van der Waals surface area contributed by atoms with Crippen LogP contribution in [0.1, 0.15) is 19.3 Å². The first-order chi connectivity index (χ1) is 8.17. The molecular formula is C12H16ClNO3. The van der Waals surface area contributed by atoms with Gasteiger partial charge in [-0.2, -0.15) is 0 Å². The van der Waals surface area contributed by atoms with E-state index in [0.717, 1.165) is 0 Å². The molecule has 0 aliphatic heterocycles. The largest absolute Gasteiger partial charge is 0.495 e. The summed E-state index contributed by atoms with van der Waals surface area (Å²) < 4.78 is 5.05. The molecule has 1 aromatic rings. The predicted octanol–water partition coefficient (Wildman–Crippen LogP) is 2.45. The first-order valence-corrected chi connectivity index (χ1v) is 5.79. The maximum Gasteiger partial charge on any atom is 0.224 e. The lowest BCUT2D eigenvalue weighted by atomic mass is 10.2. The lowest BCUT2D eigenvalue weighted by Crippen LogP contribution is -2.11. The van der Waals surface area contributed by atoms with Gasteiger partial charge in [-0.1, -0.05) is 11.6 Å². The highest BCUT2D eigenvalue weighted by Gasteiger charge is 2.05. The molecular weight excluding hydrogens is 242 g/mol. The van der Waals surface area contributed by atoms with Crippen molar-refractivity contribution in [3.05, 3.63) is 23.2 Å². The van der Waals surface area contributed by atoms with Gasteiger partial charge in [-0.25, -0.2) is 0 Å². The molecule has 5 heteroatoms. The Morgan fingerprint density at radius 2 is 2.24 bits per heavy atom. The number of aliphatic hydroxyl groups is 1. The van der Waals surface area contributed by atoms with Crippen molar-refractivity contribution >= 4 is 23.2 Å². The fourth-order valence-corrected chi connectivity index (χ4v) is 1.55. The van der Waals surface area contributed by atoms with Crippen LogP contribution < -0.4 is 10.1 Å². The number of carbonyl (C=O) groups is 1. The van der Waals surface area contributed by atoms with E-state index in [1.54, 1.807) is 18.2 Å². The van der Waals surface area contributed by atoms with Crippen molar-refractivity contribution in [1.29, 1.82) is 0 Å². The molecule has 1 rings (SSSR count). The minimum Gasteiger partial charge on any atom is -0.495 e. The third kappa shape index (κ3) is 4.63. The van der Waals surface area contributed by atoms with Gasteiger partial charge in [0.15, 0.2) is 0 Å². The fraction of sp³-hybridized carbons (Fsp3) is 0.417. The van der Waals surface area contributed by atoms with E-state index in [1.807, 2.05) is 0 Å². The molecule has 1 amide bonds. The number of unbranched alkanes of at least 4 members (excludes halogenated alkanes) is 1. The maximum atomic E-state index is 11.5. The molecule has 0 saturated heterocycles. The van der Waals surface area contributed by atoms with Gasteiger partial charge in [0, 0.05) is 24.8 Å². The van der Waals surface area contributed by atoms with Crippen LogP contribution >= 0.6 is 11.6 Å². The van der Waals surface area contributed by atoms with Gasteiger partial charge in [0.25, 0.3) is 0 Å². The normalized spacial score (nSPS) is 10.1. The number of hydrogen-bond acceptors (Lipinski definition) is 3. The zero-order valence-corrected chi connectivity index (χ0v) is 10.5. The Morgan fingerprint density at radius 1 is 1.47 bits per heavy atom. The topological polar surface area (TPSA) is 58.6 Å².